The molecule has 10 nitrogen and oxygen atoms in total. The van der Waals surface area contributed by atoms with Crippen molar-refractivity contribution in [3.8, 4) is 5.88 Å². The molecule has 2 aromatic carbocycles. The number of piperazine rings is 1. The molecule has 0 saturated carbocycles. The van der Waals surface area contributed by atoms with Crippen LogP contribution in [0.5, 0.6) is 5.88 Å². The van der Waals surface area contributed by atoms with E-state index in [9.17, 15) is 13.2 Å². The Labute approximate surface area is 262 Å². The van der Waals surface area contributed by atoms with Crippen molar-refractivity contribution >= 4 is 33.2 Å². The van der Waals surface area contributed by atoms with Crippen LogP contribution in [0.2, 0.25) is 5.02 Å². The summed E-state index contributed by atoms with van der Waals surface area (Å²) < 4.78 is 48.2. The average molecular weight is 645 g/mol. The van der Waals surface area contributed by atoms with Crippen molar-refractivity contribution in [2.75, 3.05) is 24.2 Å². The van der Waals surface area contributed by atoms with Gasteiger partial charge in [0.15, 0.2) is 0 Å². The van der Waals surface area contributed by atoms with Gasteiger partial charge >= 0.3 is 0 Å². The number of rotatable bonds is 10. The summed E-state index contributed by atoms with van der Waals surface area (Å²) in [5.74, 6) is -1.26. The number of hydrogen-bond donors (Lipinski definition) is 3. The molecule has 2 unspecified atom stereocenters. The zero-order chi connectivity index (χ0) is 31.4. The predicted molar refractivity (Wildman–Crippen MR) is 168 cm³/mol. The zero-order valence-corrected chi connectivity index (χ0v) is 26.3. The van der Waals surface area contributed by atoms with Crippen molar-refractivity contribution in [2.45, 2.75) is 69.7 Å². The summed E-state index contributed by atoms with van der Waals surface area (Å²) in [6, 6.07) is 10.1. The van der Waals surface area contributed by atoms with Crippen LogP contribution < -0.4 is 21.1 Å². The highest BCUT2D eigenvalue weighted by Crippen LogP contribution is 2.30. The van der Waals surface area contributed by atoms with E-state index in [1.165, 1.54) is 24.5 Å². The topological polar surface area (TPSA) is 140 Å². The molecule has 0 aliphatic carbocycles. The first kappa shape index (κ1) is 32.2. The van der Waals surface area contributed by atoms with Crippen molar-refractivity contribution < 1.29 is 22.3 Å². The number of hydrogen-bond acceptors (Lipinski definition) is 8. The lowest BCUT2D eigenvalue weighted by Crippen LogP contribution is -2.57. The van der Waals surface area contributed by atoms with Gasteiger partial charge in [0.05, 0.1) is 41.9 Å². The molecule has 0 radical (unpaired) electrons. The van der Waals surface area contributed by atoms with Gasteiger partial charge < -0.3 is 21.1 Å². The number of fused-ring (bicyclic) bond motifs is 2. The van der Waals surface area contributed by atoms with E-state index in [-0.39, 0.29) is 36.0 Å². The molecule has 44 heavy (non-hydrogen) atoms. The molecule has 5 atom stereocenters. The van der Waals surface area contributed by atoms with E-state index in [1.54, 1.807) is 34.6 Å². The van der Waals surface area contributed by atoms with Crippen molar-refractivity contribution in [1.82, 2.24) is 19.6 Å². The summed E-state index contributed by atoms with van der Waals surface area (Å²) in [6.45, 7) is 4.67. The van der Waals surface area contributed by atoms with Gasteiger partial charge in [0.2, 0.25) is 21.8 Å². The van der Waals surface area contributed by atoms with Crippen LogP contribution in [-0.4, -0.2) is 71.7 Å². The normalized spacial score (nSPS) is 22.5. The second kappa shape index (κ2) is 13.9. The third kappa shape index (κ3) is 7.55. The number of carbonyl (C=O) groups is 1. The molecule has 13 heteroatoms. The molecular formula is C31H38ClFN6O4S. The van der Waals surface area contributed by atoms with Crippen molar-refractivity contribution in [1.29, 1.82) is 0 Å². The van der Waals surface area contributed by atoms with Crippen molar-refractivity contribution in [3.63, 3.8) is 0 Å². The molecule has 2 bridgehead atoms. The number of benzene rings is 2. The molecule has 2 fully saturated rings. The Kier molecular flexibility index (Phi) is 10.2. The number of nitrogens with zero attached hydrogens (tertiary/aromatic N) is 3. The van der Waals surface area contributed by atoms with E-state index < -0.39 is 33.7 Å². The maximum atomic E-state index is 15.2. The van der Waals surface area contributed by atoms with Gasteiger partial charge in [-0.1, -0.05) is 29.8 Å². The molecule has 2 aliphatic heterocycles. The van der Waals surface area contributed by atoms with Crippen LogP contribution in [-0.2, 0) is 21.2 Å². The van der Waals surface area contributed by atoms with Crippen molar-refractivity contribution in [3.05, 3.63) is 82.5 Å². The summed E-state index contributed by atoms with van der Waals surface area (Å²) in [6.07, 6.45) is 4.97. The third-order valence-corrected chi connectivity index (χ3v) is 10.3. The van der Waals surface area contributed by atoms with E-state index in [0.29, 0.717) is 53.7 Å². The first-order valence-electron chi connectivity index (χ1n) is 14.8. The van der Waals surface area contributed by atoms with Crippen LogP contribution in [0.1, 0.15) is 55.8 Å². The van der Waals surface area contributed by atoms with Gasteiger partial charge in [-0.25, -0.2) is 17.8 Å². The van der Waals surface area contributed by atoms with Gasteiger partial charge in [-0.05, 0) is 69.4 Å². The van der Waals surface area contributed by atoms with Gasteiger partial charge in [0.25, 0.3) is 0 Å². The fourth-order valence-electron chi connectivity index (χ4n) is 5.87. The van der Waals surface area contributed by atoms with E-state index in [0.717, 1.165) is 6.42 Å². The van der Waals surface area contributed by atoms with E-state index in [4.69, 9.17) is 22.1 Å². The third-order valence-electron chi connectivity index (χ3n) is 8.08. The highest BCUT2D eigenvalue weighted by atomic mass is 35.5. The number of carbonyl (C=O) groups excluding carboxylic acids is 1. The molecule has 3 heterocycles. The van der Waals surface area contributed by atoms with E-state index in [2.05, 4.69) is 20.6 Å². The molecule has 1 aromatic heterocycles. The Bertz CT molecular complexity index is 1560. The second-order valence-electron chi connectivity index (χ2n) is 11.6. The lowest BCUT2D eigenvalue weighted by Gasteiger charge is -2.37. The average Bonchev–Trinajstić information content (AvgIpc) is 3.10. The maximum absolute atomic E-state index is 15.2. The maximum Gasteiger partial charge on any atom is 0.242 e. The number of halogens is 2. The summed E-state index contributed by atoms with van der Waals surface area (Å²) >= 11 is 6.12. The fraction of sp³-hybridized carbons (Fsp3) is 0.452. The zero-order valence-electron chi connectivity index (χ0n) is 24.7. The number of amides is 1. The largest absolute Gasteiger partial charge is 0.474 e. The number of aromatic nitrogens is 2. The first-order valence-corrected chi connectivity index (χ1v) is 16.8. The van der Waals surface area contributed by atoms with Crippen molar-refractivity contribution in [2.24, 2.45) is 5.73 Å². The lowest BCUT2D eigenvalue weighted by atomic mass is 9.88. The number of ether oxygens (including phenoxy) is 1. The minimum Gasteiger partial charge on any atom is -0.474 e. The standard InChI is InChI=1S/C31H38ClFN6O4S/c1-19(2)43-28-17-36-27(16-37-28)29(20-8-10-21(32)11-9-20)30(34)31(40)38-26-7-3-6-25(33)24(26)13-12-23-15-35-22-5-4-14-44(41,42)39(23)18-22/h3,6-11,16-17,19,22-23,29-30,35H,4-5,12-15,18,34H2,1-2H3,(H,38,40)/t22-,23?,29+,30+/m1/s1. The number of sulfonamides is 1. The van der Waals surface area contributed by atoms with Gasteiger partial charge in [0.1, 0.15) is 5.82 Å². The Balaban J connectivity index is 1.36. The molecule has 0 spiro atoms. The highest BCUT2D eigenvalue weighted by molar-refractivity contribution is 7.89. The van der Waals surface area contributed by atoms with Gasteiger partial charge in [-0.2, -0.15) is 4.31 Å². The molecule has 2 saturated heterocycles. The number of nitrogens with one attached hydrogen (secondary N) is 2. The Morgan fingerprint density at radius 2 is 1.98 bits per heavy atom. The summed E-state index contributed by atoms with van der Waals surface area (Å²) in [5, 5.41) is 6.79. The minimum absolute atomic E-state index is 0.0873. The Morgan fingerprint density at radius 1 is 1.20 bits per heavy atom. The van der Waals surface area contributed by atoms with Crippen LogP contribution in [0, 0.1) is 5.82 Å². The minimum atomic E-state index is -3.38. The monoisotopic (exact) mass is 644 g/mol. The van der Waals surface area contributed by atoms with E-state index >= 15 is 4.39 Å². The van der Waals surface area contributed by atoms with Gasteiger partial charge in [-0.3, -0.25) is 9.78 Å². The van der Waals surface area contributed by atoms with Gasteiger partial charge in [0, 0.05) is 41.4 Å². The Hall–Kier alpha value is -3.16. The summed E-state index contributed by atoms with van der Waals surface area (Å²) in [5.41, 5.74) is 8.32. The molecule has 2 aliphatic rings. The molecule has 4 N–H and O–H groups in total. The number of nitrogens with two attached hydrogens (primary N) is 1. The first-order chi connectivity index (χ1) is 21.0. The van der Waals surface area contributed by atoms with Crippen LogP contribution in [0.25, 0.3) is 0 Å². The van der Waals surface area contributed by atoms with Crippen LogP contribution in [0.4, 0.5) is 10.1 Å². The molecule has 3 aromatic rings. The fourth-order valence-corrected chi connectivity index (χ4v) is 7.81. The highest BCUT2D eigenvalue weighted by Gasteiger charge is 2.38. The van der Waals surface area contributed by atoms with E-state index in [1.807, 2.05) is 13.8 Å². The smallest absolute Gasteiger partial charge is 0.242 e. The summed E-state index contributed by atoms with van der Waals surface area (Å²) in [7, 11) is -3.38. The second-order valence-corrected chi connectivity index (χ2v) is 14.1. The lowest BCUT2D eigenvalue weighted by molar-refractivity contribution is -0.117. The number of anilines is 1. The van der Waals surface area contributed by atoms with Gasteiger partial charge in [-0.15, -0.1) is 0 Å². The molecular weight excluding hydrogens is 607 g/mol. The Morgan fingerprint density at radius 3 is 2.68 bits per heavy atom. The molecule has 5 rings (SSSR count). The summed E-state index contributed by atoms with van der Waals surface area (Å²) in [4.78, 5) is 22.5. The predicted octanol–water partition coefficient (Wildman–Crippen LogP) is 3.85. The van der Waals surface area contributed by atoms with Crippen LogP contribution in [0.3, 0.4) is 0 Å². The van der Waals surface area contributed by atoms with Crippen LogP contribution in [0.15, 0.2) is 54.9 Å². The van der Waals surface area contributed by atoms with Crippen LogP contribution >= 0.6 is 11.6 Å². The molecule has 236 valence electrons. The molecule has 1 amide bonds. The quantitative estimate of drug-likeness (QED) is 0.302. The SMILES string of the molecule is CC(C)Oc1cnc([C@H](c2ccc(Cl)cc2)[C@H](N)C(=O)Nc2cccc(F)c2CCC2CN[C@@H]3CCCS(=O)(=O)N2C3)cn1.